The van der Waals surface area contributed by atoms with Gasteiger partial charge in [-0.05, 0) is 31.2 Å². The minimum atomic E-state index is -0.622. The van der Waals surface area contributed by atoms with E-state index in [0.29, 0.717) is 21.8 Å². The summed E-state index contributed by atoms with van der Waals surface area (Å²) in [4.78, 5) is 41.0. The minimum absolute atomic E-state index is 0.116. The number of fused-ring (bicyclic) bond motifs is 1. The van der Waals surface area contributed by atoms with Gasteiger partial charge in [-0.1, -0.05) is 0 Å². The lowest BCUT2D eigenvalue weighted by Crippen LogP contribution is -2.29. The Balaban J connectivity index is 1.63. The molecule has 1 aliphatic rings. The number of aliphatic hydroxyl groups is 1. The van der Waals surface area contributed by atoms with Gasteiger partial charge in [0.25, 0.3) is 11.8 Å². The number of hydrogen-bond acceptors (Lipinski definition) is 7. The molecule has 29 heavy (non-hydrogen) atoms. The van der Waals surface area contributed by atoms with Crippen molar-refractivity contribution < 1.29 is 19.5 Å². The maximum absolute atomic E-state index is 12.1. The van der Waals surface area contributed by atoms with Crippen LogP contribution in [0.1, 0.15) is 22.2 Å². The lowest BCUT2D eigenvalue weighted by Gasteiger charge is -2.05. The number of hydrogen-bond donors (Lipinski definition) is 4. The molecule has 11 heteroatoms. The Labute approximate surface area is 168 Å². The number of carbonyl (C=O) groups excluding carboxylic acids is 3. The zero-order chi connectivity index (χ0) is 20.5. The van der Waals surface area contributed by atoms with E-state index in [9.17, 15) is 19.5 Å². The third-order valence-electron chi connectivity index (χ3n) is 4.06. The van der Waals surface area contributed by atoms with Crippen molar-refractivity contribution in [1.29, 1.82) is 0 Å². The molecule has 1 fully saturated rings. The van der Waals surface area contributed by atoms with Crippen LogP contribution in [-0.2, 0) is 4.79 Å². The first-order valence-electron chi connectivity index (χ1n) is 8.65. The van der Waals surface area contributed by atoms with Gasteiger partial charge in [0.2, 0.25) is 0 Å². The van der Waals surface area contributed by atoms with Gasteiger partial charge >= 0.3 is 6.03 Å². The van der Waals surface area contributed by atoms with Crippen LogP contribution < -0.4 is 16.0 Å². The first-order valence-corrected chi connectivity index (χ1v) is 9.47. The molecule has 4 amide bonds. The molecule has 4 N–H and O–H groups in total. The summed E-state index contributed by atoms with van der Waals surface area (Å²) in [5.74, 6) is -0.780. The van der Waals surface area contributed by atoms with E-state index in [2.05, 4.69) is 26.0 Å². The second-order valence-electron chi connectivity index (χ2n) is 6.37. The van der Waals surface area contributed by atoms with Gasteiger partial charge in [-0.2, -0.15) is 5.10 Å². The number of aromatic nitrogens is 3. The number of aliphatic hydroxyl groups excluding tert-OH is 1. The highest BCUT2D eigenvalue weighted by molar-refractivity contribution is 7.17. The predicted molar refractivity (Wildman–Crippen MR) is 105 cm³/mol. The molecule has 3 aromatic heterocycles. The maximum atomic E-state index is 12.1. The van der Waals surface area contributed by atoms with E-state index in [1.54, 1.807) is 42.0 Å². The van der Waals surface area contributed by atoms with Gasteiger partial charge in [-0.15, -0.1) is 11.3 Å². The number of carbonyl (C=O) groups is 3. The lowest BCUT2D eigenvalue weighted by atomic mass is 10.2. The molecule has 1 unspecified atom stereocenters. The highest BCUT2D eigenvalue weighted by Crippen LogP contribution is 2.27. The van der Waals surface area contributed by atoms with Crippen LogP contribution in [0.3, 0.4) is 0 Å². The SMILES string of the molecule is CC(O)CNC(=O)c1ccc(-c2ccn3ncc(C=C4NC(=O)NC4=O)c3n2)s1. The molecule has 148 valence electrons. The zero-order valence-corrected chi connectivity index (χ0v) is 16.0. The number of nitrogens with zero attached hydrogens (tertiary/aromatic N) is 3. The maximum Gasteiger partial charge on any atom is 0.326 e. The topological polar surface area (TPSA) is 138 Å². The van der Waals surface area contributed by atoms with Gasteiger partial charge in [0.05, 0.1) is 27.7 Å². The summed E-state index contributed by atoms with van der Waals surface area (Å²) in [6.07, 6.45) is 4.14. The van der Waals surface area contributed by atoms with Crippen LogP contribution in [0.25, 0.3) is 22.3 Å². The summed E-state index contributed by atoms with van der Waals surface area (Å²) >= 11 is 1.27. The normalized spacial score (nSPS) is 16.1. The highest BCUT2D eigenvalue weighted by Gasteiger charge is 2.23. The summed E-state index contributed by atoms with van der Waals surface area (Å²) < 4.78 is 1.55. The van der Waals surface area contributed by atoms with E-state index in [4.69, 9.17) is 0 Å². The van der Waals surface area contributed by atoms with Crippen molar-refractivity contribution in [3.8, 4) is 10.6 Å². The van der Waals surface area contributed by atoms with Crippen molar-refractivity contribution in [2.75, 3.05) is 6.54 Å². The van der Waals surface area contributed by atoms with E-state index < -0.39 is 18.0 Å². The molecule has 3 aromatic rings. The predicted octanol–water partition coefficient (Wildman–Crippen LogP) is 0.749. The van der Waals surface area contributed by atoms with Crippen LogP contribution in [0, 0.1) is 0 Å². The fraction of sp³-hybridized carbons (Fsp3) is 0.167. The van der Waals surface area contributed by atoms with Crippen LogP contribution >= 0.6 is 11.3 Å². The standard InChI is InChI=1S/C18H16N6O4S/c1-9(25)7-19-17(27)14-3-2-13(29-14)11-4-5-24-15(21-11)10(8-20-24)6-12-16(26)23-18(28)22-12/h2-6,8-9,25H,7H2,1H3,(H,19,27)(H2,22,23,26,28). The Morgan fingerprint density at radius 1 is 1.34 bits per heavy atom. The number of thiophene rings is 1. The molecule has 4 rings (SSSR count). The van der Waals surface area contributed by atoms with Crippen LogP contribution in [0.5, 0.6) is 0 Å². The van der Waals surface area contributed by atoms with E-state index in [0.717, 1.165) is 4.88 Å². The van der Waals surface area contributed by atoms with Crippen molar-refractivity contribution in [2.45, 2.75) is 13.0 Å². The lowest BCUT2D eigenvalue weighted by molar-refractivity contribution is -0.115. The third kappa shape index (κ3) is 3.86. The smallest absolute Gasteiger partial charge is 0.326 e. The molecule has 4 heterocycles. The molecule has 0 aliphatic carbocycles. The van der Waals surface area contributed by atoms with Crippen molar-refractivity contribution >= 4 is 40.9 Å². The average molecular weight is 412 g/mol. The molecule has 1 saturated heterocycles. The molecule has 0 bridgehead atoms. The van der Waals surface area contributed by atoms with Crippen LogP contribution in [0.2, 0.25) is 0 Å². The first-order chi connectivity index (χ1) is 13.9. The van der Waals surface area contributed by atoms with Crippen LogP contribution in [-0.4, -0.2) is 50.2 Å². The quantitative estimate of drug-likeness (QED) is 0.360. The molecule has 1 aliphatic heterocycles. The summed E-state index contributed by atoms with van der Waals surface area (Å²) in [7, 11) is 0. The second-order valence-corrected chi connectivity index (χ2v) is 7.45. The van der Waals surface area contributed by atoms with E-state index in [-0.39, 0.29) is 18.1 Å². The monoisotopic (exact) mass is 412 g/mol. The van der Waals surface area contributed by atoms with Gasteiger partial charge in [0.15, 0.2) is 5.65 Å². The second kappa shape index (κ2) is 7.45. The fourth-order valence-corrected chi connectivity index (χ4v) is 3.58. The third-order valence-corrected chi connectivity index (χ3v) is 5.16. The number of imide groups is 1. The van der Waals surface area contributed by atoms with Crippen molar-refractivity contribution in [2.24, 2.45) is 0 Å². The van der Waals surface area contributed by atoms with Gasteiger partial charge < -0.3 is 15.7 Å². The number of nitrogens with one attached hydrogen (secondary N) is 3. The van der Waals surface area contributed by atoms with Crippen molar-refractivity contribution in [3.05, 3.63) is 46.7 Å². The number of urea groups is 1. The number of amides is 4. The summed E-state index contributed by atoms with van der Waals surface area (Å²) in [6.45, 7) is 1.77. The molecule has 1 atom stereocenters. The van der Waals surface area contributed by atoms with Gasteiger partial charge in [0, 0.05) is 18.3 Å². The highest BCUT2D eigenvalue weighted by atomic mass is 32.1. The largest absolute Gasteiger partial charge is 0.392 e. The van der Waals surface area contributed by atoms with Gasteiger partial charge in [-0.3, -0.25) is 14.9 Å². The molecule has 0 aromatic carbocycles. The fourth-order valence-electron chi connectivity index (χ4n) is 2.69. The van der Waals surface area contributed by atoms with Gasteiger partial charge in [-0.25, -0.2) is 14.3 Å². The molecule has 0 radical (unpaired) electrons. The Hall–Kier alpha value is -3.57. The summed E-state index contributed by atoms with van der Waals surface area (Å²) in [5, 5.41) is 20.7. The minimum Gasteiger partial charge on any atom is -0.392 e. The van der Waals surface area contributed by atoms with E-state index in [1.165, 1.54) is 17.4 Å². The molecule has 0 spiro atoms. The van der Waals surface area contributed by atoms with Crippen LogP contribution in [0.4, 0.5) is 4.79 Å². The Morgan fingerprint density at radius 3 is 2.90 bits per heavy atom. The summed E-state index contributed by atoms with van der Waals surface area (Å²) in [5.41, 5.74) is 1.81. The van der Waals surface area contributed by atoms with Crippen molar-refractivity contribution in [1.82, 2.24) is 30.5 Å². The Bertz CT molecular complexity index is 1160. The summed E-state index contributed by atoms with van der Waals surface area (Å²) in [6, 6.07) is 4.68. The average Bonchev–Trinajstić information content (AvgIpc) is 3.39. The van der Waals surface area contributed by atoms with E-state index >= 15 is 0 Å². The Morgan fingerprint density at radius 2 is 2.17 bits per heavy atom. The molecular weight excluding hydrogens is 396 g/mol. The Kier molecular flexibility index (Phi) is 4.82. The molecule has 10 nitrogen and oxygen atoms in total. The van der Waals surface area contributed by atoms with Crippen molar-refractivity contribution in [3.63, 3.8) is 0 Å². The van der Waals surface area contributed by atoms with E-state index in [1.807, 2.05) is 0 Å². The molecule has 0 saturated carbocycles. The van der Waals surface area contributed by atoms with Crippen LogP contribution in [0.15, 0.2) is 36.3 Å². The number of rotatable bonds is 5. The zero-order valence-electron chi connectivity index (χ0n) is 15.2. The van der Waals surface area contributed by atoms with Gasteiger partial charge in [0.1, 0.15) is 5.70 Å². The molecular formula is C18H16N6O4S. The first kappa shape index (κ1) is 18.8.